The summed E-state index contributed by atoms with van der Waals surface area (Å²) in [6.07, 6.45) is 0. The molecule has 0 aliphatic heterocycles. The average Bonchev–Trinajstić information content (AvgIpc) is 3.91. The van der Waals surface area contributed by atoms with Gasteiger partial charge in [-0.2, -0.15) is 0 Å². The van der Waals surface area contributed by atoms with Crippen LogP contribution in [-0.4, -0.2) is 19.1 Å². The largest absolute Gasteiger partial charge is 0.309 e. The quantitative estimate of drug-likeness (QED) is 0.181. The smallest absolute Gasteiger partial charge is 0.235 e. The lowest BCUT2D eigenvalue weighted by atomic mass is 10.0. The number of aromatic nitrogens is 4. The zero-order valence-corrected chi connectivity index (χ0v) is 31.3. The first-order chi connectivity index (χ1) is 28.2. The standard InChI is InChI=1S/C52H30N4S/c1-2-13-32-29-47-42(27-31(32)12-1)36-14-4-8-21-45(36)55(47)35-25-24-33-30-48-43(28-34(33)26-35)37-15-5-9-22-46(37)56(48)52-53-44-20-7-3-17-40(44)50(54-52)41-19-11-18-39-38-16-6-10-23-49(38)57-51(39)41/h1-30H. The molecule has 0 spiro atoms. The fraction of sp³-hybridized carbons (Fsp3) is 0. The van der Waals surface area contributed by atoms with Crippen LogP contribution < -0.4 is 0 Å². The number of rotatable bonds is 3. The first-order valence-electron chi connectivity index (χ1n) is 19.3. The molecule has 0 N–H and O–H groups in total. The van der Waals surface area contributed by atoms with Crippen LogP contribution in [0.25, 0.3) is 119 Å². The summed E-state index contributed by atoms with van der Waals surface area (Å²) in [7, 11) is 0. The third kappa shape index (κ3) is 4.43. The van der Waals surface area contributed by atoms with Crippen LogP contribution in [0.15, 0.2) is 182 Å². The minimum absolute atomic E-state index is 0.668. The number of hydrogen-bond donors (Lipinski definition) is 0. The van der Waals surface area contributed by atoms with Gasteiger partial charge in [-0.15, -0.1) is 11.3 Å². The summed E-state index contributed by atoms with van der Waals surface area (Å²) in [4.78, 5) is 10.8. The number of benzene rings is 9. The van der Waals surface area contributed by atoms with E-state index in [9.17, 15) is 0 Å². The second-order valence-corrected chi connectivity index (χ2v) is 16.0. The van der Waals surface area contributed by atoms with Gasteiger partial charge in [0.05, 0.1) is 33.3 Å². The second kappa shape index (κ2) is 11.6. The van der Waals surface area contributed by atoms with Crippen molar-refractivity contribution in [3.8, 4) is 22.9 Å². The minimum atomic E-state index is 0.668. The number of para-hydroxylation sites is 3. The summed E-state index contributed by atoms with van der Waals surface area (Å²) in [5.74, 6) is 0.668. The van der Waals surface area contributed by atoms with E-state index in [1.807, 2.05) is 11.3 Å². The Morgan fingerprint density at radius 1 is 0.368 bits per heavy atom. The summed E-state index contributed by atoms with van der Waals surface area (Å²) in [6.45, 7) is 0. The number of fused-ring (bicyclic) bond motifs is 12. The molecule has 5 heteroatoms. The van der Waals surface area contributed by atoms with E-state index in [0.29, 0.717) is 5.95 Å². The molecule has 13 aromatic rings. The van der Waals surface area contributed by atoms with E-state index >= 15 is 0 Å². The molecule has 0 aliphatic rings. The van der Waals surface area contributed by atoms with E-state index < -0.39 is 0 Å². The summed E-state index contributed by atoms with van der Waals surface area (Å²) >= 11 is 1.83. The van der Waals surface area contributed by atoms with Gasteiger partial charge in [0.25, 0.3) is 0 Å². The Balaban J connectivity index is 1.05. The van der Waals surface area contributed by atoms with Crippen LogP contribution >= 0.6 is 11.3 Å². The van der Waals surface area contributed by atoms with Crippen LogP contribution in [0.3, 0.4) is 0 Å². The van der Waals surface area contributed by atoms with Gasteiger partial charge in [-0.1, -0.05) is 121 Å². The predicted octanol–water partition coefficient (Wildman–Crippen LogP) is 14.2. The molecule has 4 aromatic heterocycles. The van der Waals surface area contributed by atoms with Crippen LogP contribution in [0.1, 0.15) is 0 Å². The Labute approximate surface area is 330 Å². The lowest BCUT2D eigenvalue weighted by Gasteiger charge is -2.13. The third-order valence-corrected chi connectivity index (χ3v) is 13.1. The van der Waals surface area contributed by atoms with Crippen LogP contribution in [0.5, 0.6) is 0 Å². The summed E-state index contributed by atoms with van der Waals surface area (Å²) in [5, 5.41) is 13.3. The summed E-state index contributed by atoms with van der Waals surface area (Å²) in [6, 6.07) is 66.0. The van der Waals surface area contributed by atoms with Gasteiger partial charge in [0.2, 0.25) is 5.95 Å². The monoisotopic (exact) mass is 742 g/mol. The maximum atomic E-state index is 5.50. The van der Waals surface area contributed by atoms with Crippen molar-refractivity contribution in [1.82, 2.24) is 19.1 Å². The molecule has 0 saturated carbocycles. The molecule has 9 aromatic carbocycles. The van der Waals surface area contributed by atoms with Crippen molar-refractivity contribution in [3.63, 3.8) is 0 Å². The molecule has 0 saturated heterocycles. The minimum Gasteiger partial charge on any atom is -0.309 e. The van der Waals surface area contributed by atoms with Gasteiger partial charge in [0.15, 0.2) is 0 Å². The van der Waals surface area contributed by atoms with Crippen LogP contribution in [0, 0.1) is 0 Å². The van der Waals surface area contributed by atoms with Crippen LogP contribution in [0.4, 0.5) is 0 Å². The Kier molecular flexibility index (Phi) is 6.29. The van der Waals surface area contributed by atoms with Crippen LogP contribution in [-0.2, 0) is 0 Å². The molecular formula is C52H30N4S. The molecular weight excluding hydrogens is 713 g/mol. The number of thiophene rings is 1. The summed E-state index contributed by atoms with van der Waals surface area (Å²) < 4.78 is 7.21. The molecule has 0 fully saturated rings. The molecule has 0 radical (unpaired) electrons. The third-order valence-electron chi connectivity index (χ3n) is 11.9. The van der Waals surface area contributed by atoms with E-state index in [-0.39, 0.29) is 0 Å². The molecule has 264 valence electrons. The highest BCUT2D eigenvalue weighted by atomic mass is 32.1. The van der Waals surface area contributed by atoms with E-state index in [1.54, 1.807) is 0 Å². The molecule has 57 heavy (non-hydrogen) atoms. The van der Waals surface area contributed by atoms with Gasteiger partial charge in [-0.25, -0.2) is 9.97 Å². The van der Waals surface area contributed by atoms with Crippen molar-refractivity contribution >= 4 is 108 Å². The predicted molar refractivity (Wildman–Crippen MR) is 242 cm³/mol. The summed E-state index contributed by atoms with van der Waals surface area (Å²) in [5.41, 5.74) is 8.72. The molecule has 4 heterocycles. The molecule has 0 atom stereocenters. The van der Waals surface area contributed by atoms with E-state index in [2.05, 4.69) is 191 Å². The SMILES string of the molecule is c1ccc2cc3c(cc2c1)c1ccccc1n3-c1ccc2cc3c(cc2c1)c1ccccc1n3-c1nc(-c2cccc3c2sc2ccccc23)c2ccccc2n1. The van der Waals surface area contributed by atoms with Gasteiger partial charge < -0.3 is 4.57 Å². The lowest BCUT2D eigenvalue weighted by Crippen LogP contribution is -2.03. The van der Waals surface area contributed by atoms with Crippen molar-refractivity contribution in [1.29, 1.82) is 0 Å². The lowest BCUT2D eigenvalue weighted by molar-refractivity contribution is 1.01. The van der Waals surface area contributed by atoms with Crippen molar-refractivity contribution in [2.24, 2.45) is 0 Å². The molecule has 0 bridgehead atoms. The number of nitrogens with zero attached hydrogens (tertiary/aromatic N) is 4. The Morgan fingerprint density at radius 3 is 1.77 bits per heavy atom. The zero-order chi connectivity index (χ0) is 37.2. The van der Waals surface area contributed by atoms with Gasteiger partial charge in [-0.3, -0.25) is 4.57 Å². The van der Waals surface area contributed by atoms with Gasteiger partial charge in [0, 0.05) is 58.4 Å². The maximum Gasteiger partial charge on any atom is 0.235 e. The number of hydrogen-bond acceptors (Lipinski definition) is 3. The average molecular weight is 743 g/mol. The van der Waals surface area contributed by atoms with Gasteiger partial charge >= 0.3 is 0 Å². The van der Waals surface area contributed by atoms with Crippen molar-refractivity contribution in [3.05, 3.63) is 182 Å². The van der Waals surface area contributed by atoms with Gasteiger partial charge in [-0.05, 0) is 82.2 Å². The van der Waals surface area contributed by atoms with E-state index in [4.69, 9.17) is 9.97 Å². The maximum absolute atomic E-state index is 5.50. The Morgan fingerprint density at radius 2 is 0.965 bits per heavy atom. The highest BCUT2D eigenvalue weighted by molar-refractivity contribution is 7.26. The zero-order valence-electron chi connectivity index (χ0n) is 30.5. The Bertz CT molecular complexity index is 3830. The van der Waals surface area contributed by atoms with Crippen LogP contribution in [0.2, 0.25) is 0 Å². The molecule has 0 aliphatic carbocycles. The second-order valence-electron chi connectivity index (χ2n) is 15.0. The highest BCUT2D eigenvalue weighted by Gasteiger charge is 2.20. The van der Waals surface area contributed by atoms with Gasteiger partial charge in [0.1, 0.15) is 0 Å². The molecule has 13 rings (SSSR count). The van der Waals surface area contributed by atoms with Crippen molar-refractivity contribution < 1.29 is 0 Å². The topological polar surface area (TPSA) is 35.6 Å². The van der Waals surface area contributed by atoms with Crippen molar-refractivity contribution in [2.45, 2.75) is 0 Å². The first-order valence-corrected chi connectivity index (χ1v) is 20.1. The first kappa shape index (κ1) is 30.9. The molecule has 0 unspecified atom stereocenters. The van der Waals surface area contributed by atoms with E-state index in [1.165, 1.54) is 68.9 Å². The van der Waals surface area contributed by atoms with E-state index in [0.717, 1.165) is 44.3 Å². The molecule has 0 amide bonds. The molecule has 4 nitrogen and oxygen atoms in total. The normalized spacial score (nSPS) is 12.2. The fourth-order valence-corrected chi connectivity index (χ4v) is 10.5. The Hall–Kier alpha value is -7.34. The van der Waals surface area contributed by atoms with Crippen molar-refractivity contribution in [2.75, 3.05) is 0 Å². The fourth-order valence-electron chi connectivity index (χ4n) is 9.29. The highest BCUT2D eigenvalue weighted by Crippen LogP contribution is 2.42.